The molecule has 0 heterocycles. The van der Waals surface area contributed by atoms with Crippen LogP contribution in [0, 0.1) is 0 Å². The molecule has 0 rings (SSSR count). The zero-order valence-electron chi connectivity index (χ0n) is 8.27. The normalized spacial score (nSPS) is 21.5. The van der Waals surface area contributed by atoms with Gasteiger partial charge in [-0.2, -0.15) is 0 Å². The second-order valence-electron chi connectivity index (χ2n) is 3.31. The van der Waals surface area contributed by atoms with Gasteiger partial charge in [-0.1, -0.05) is 6.08 Å². The average molecular weight is 222 g/mol. The lowest BCUT2D eigenvalue weighted by atomic mass is 9.98. The van der Waals surface area contributed by atoms with Crippen LogP contribution in [-0.4, -0.2) is 67.8 Å². The predicted molar refractivity (Wildman–Crippen MR) is 51.9 cm³/mol. The number of rotatable bonds is 7. The van der Waals surface area contributed by atoms with E-state index in [1.807, 2.05) is 0 Å². The van der Waals surface area contributed by atoms with Gasteiger partial charge in [0.05, 0.1) is 12.7 Å². The Balaban J connectivity index is 4.28. The summed E-state index contributed by atoms with van der Waals surface area (Å²) in [7, 11) is 0. The van der Waals surface area contributed by atoms with Gasteiger partial charge in [0.15, 0.2) is 0 Å². The van der Waals surface area contributed by atoms with Crippen molar-refractivity contribution in [1.29, 1.82) is 0 Å². The van der Waals surface area contributed by atoms with E-state index in [9.17, 15) is 20.4 Å². The molecule has 0 saturated heterocycles. The molecule has 0 aliphatic rings. The van der Waals surface area contributed by atoms with Crippen molar-refractivity contribution in [3.05, 3.63) is 12.7 Å². The lowest BCUT2D eigenvalue weighted by Crippen LogP contribution is -2.49. The van der Waals surface area contributed by atoms with Gasteiger partial charge in [-0.05, 0) is 6.42 Å². The summed E-state index contributed by atoms with van der Waals surface area (Å²) in [5.74, 6) is 0. The number of hydrogen-bond donors (Lipinski definition) is 6. The molecule has 0 spiro atoms. The first-order valence-corrected chi connectivity index (χ1v) is 4.57. The molecular weight excluding hydrogens is 204 g/mol. The van der Waals surface area contributed by atoms with Crippen LogP contribution in [0.25, 0.3) is 0 Å². The van der Waals surface area contributed by atoms with Gasteiger partial charge >= 0.3 is 0 Å². The second kappa shape index (κ2) is 6.89. The van der Waals surface area contributed by atoms with Crippen LogP contribution in [0.15, 0.2) is 12.7 Å². The van der Waals surface area contributed by atoms with E-state index in [1.54, 1.807) is 0 Å². The zero-order valence-corrected chi connectivity index (χ0v) is 8.27. The standard InChI is InChI=1S/C9H18O6/c1-2-3-5(11)7(13)9(15)8(14)6(12)4-10/h2,5-15H,1,3-4H2/t5-,6+,7-,8+,9+/m0/s1. The third-order valence-corrected chi connectivity index (χ3v) is 2.08. The van der Waals surface area contributed by atoms with Crippen molar-refractivity contribution in [3.63, 3.8) is 0 Å². The number of aliphatic hydroxyl groups excluding tert-OH is 6. The van der Waals surface area contributed by atoms with Crippen LogP contribution in [0.5, 0.6) is 0 Å². The Bertz CT molecular complexity index is 185. The van der Waals surface area contributed by atoms with Gasteiger partial charge in [0.2, 0.25) is 0 Å². The van der Waals surface area contributed by atoms with Crippen molar-refractivity contribution >= 4 is 0 Å². The van der Waals surface area contributed by atoms with E-state index in [0.717, 1.165) is 0 Å². The first-order valence-electron chi connectivity index (χ1n) is 4.57. The van der Waals surface area contributed by atoms with Gasteiger partial charge in [0.25, 0.3) is 0 Å². The maximum absolute atomic E-state index is 9.33. The van der Waals surface area contributed by atoms with Crippen LogP contribution in [0.1, 0.15) is 6.42 Å². The van der Waals surface area contributed by atoms with Crippen LogP contribution in [-0.2, 0) is 0 Å². The highest BCUT2D eigenvalue weighted by Gasteiger charge is 2.33. The molecule has 0 fully saturated rings. The number of aliphatic hydroxyl groups is 6. The third kappa shape index (κ3) is 4.25. The van der Waals surface area contributed by atoms with E-state index in [2.05, 4.69) is 6.58 Å². The molecule has 0 radical (unpaired) electrons. The largest absolute Gasteiger partial charge is 0.394 e. The SMILES string of the molecule is C=CC[C@H](O)[C@H](O)[C@@H](O)[C@H](O)[C@H](O)CO. The zero-order chi connectivity index (χ0) is 12.0. The van der Waals surface area contributed by atoms with Crippen molar-refractivity contribution in [1.82, 2.24) is 0 Å². The molecule has 15 heavy (non-hydrogen) atoms. The molecule has 0 aromatic carbocycles. The monoisotopic (exact) mass is 222 g/mol. The van der Waals surface area contributed by atoms with E-state index < -0.39 is 37.1 Å². The fourth-order valence-corrected chi connectivity index (χ4v) is 1.08. The summed E-state index contributed by atoms with van der Waals surface area (Å²) in [5.41, 5.74) is 0. The molecule has 0 aromatic rings. The van der Waals surface area contributed by atoms with E-state index >= 15 is 0 Å². The fraction of sp³-hybridized carbons (Fsp3) is 0.778. The smallest absolute Gasteiger partial charge is 0.111 e. The summed E-state index contributed by atoms with van der Waals surface area (Å²) in [5, 5.41) is 54.6. The van der Waals surface area contributed by atoms with Gasteiger partial charge in [-0.3, -0.25) is 0 Å². The Morgan fingerprint density at radius 2 is 1.33 bits per heavy atom. The molecule has 90 valence electrons. The molecule has 0 unspecified atom stereocenters. The Kier molecular flexibility index (Phi) is 6.66. The minimum Gasteiger partial charge on any atom is -0.394 e. The van der Waals surface area contributed by atoms with E-state index in [0.29, 0.717) is 0 Å². The molecule has 6 N–H and O–H groups in total. The average Bonchev–Trinajstić information content (AvgIpc) is 2.25. The molecule has 5 atom stereocenters. The molecule has 6 nitrogen and oxygen atoms in total. The van der Waals surface area contributed by atoms with Gasteiger partial charge in [0, 0.05) is 0 Å². The molecule has 0 amide bonds. The summed E-state index contributed by atoms with van der Waals surface area (Å²) < 4.78 is 0. The first-order chi connectivity index (χ1) is 6.95. The van der Waals surface area contributed by atoms with E-state index in [1.165, 1.54) is 6.08 Å². The van der Waals surface area contributed by atoms with Gasteiger partial charge in [-0.25, -0.2) is 0 Å². The summed E-state index contributed by atoms with van der Waals surface area (Å²) in [4.78, 5) is 0. The minimum absolute atomic E-state index is 0.0418. The van der Waals surface area contributed by atoms with Crippen molar-refractivity contribution in [2.45, 2.75) is 36.9 Å². The summed E-state index contributed by atoms with van der Waals surface area (Å²) >= 11 is 0. The summed E-state index contributed by atoms with van der Waals surface area (Å²) in [6.07, 6.45) is -6.52. The lowest BCUT2D eigenvalue weighted by Gasteiger charge is -2.28. The van der Waals surface area contributed by atoms with Crippen LogP contribution < -0.4 is 0 Å². The first kappa shape index (κ1) is 14.5. The highest BCUT2D eigenvalue weighted by molar-refractivity contribution is 4.87. The van der Waals surface area contributed by atoms with E-state index in [4.69, 9.17) is 10.2 Å². The number of hydrogen-bond acceptors (Lipinski definition) is 6. The molecule has 0 aromatic heterocycles. The van der Waals surface area contributed by atoms with Gasteiger partial charge in [-0.15, -0.1) is 6.58 Å². The fourth-order valence-electron chi connectivity index (χ4n) is 1.08. The predicted octanol–water partition coefficient (Wildman–Crippen LogP) is -2.64. The van der Waals surface area contributed by atoms with Crippen molar-refractivity contribution in [2.24, 2.45) is 0 Å². The van der Waals surface area contributed by atoms with Crippen LogP contribution in [0.3, 0.4) is 0 Å². The molecule has 0 aliphatic heterocycles. The van der Waals surface area contributed by atoms with Crippen molar-refractivity contribution < 1.29 is 30.6 Å². The second-order valence-corrected chi connectivity index (χ2v) is 3.31. The highest BCUT2D eigenvalue weighted by Crippen LogP contribution is 2.10. The Morgan fingerprint density at radius 1 is 0.867 bits per heavy atom. The van der Waals surface area contributed by atoms with Crippen LogP contribution >= 0.6 is 0 Å². The van der Waals surface area contributed by atoms with Crippen LogP contribution in [0.2, 0.25) is 0 Å². The lowest BCUT2D eigenvalue weighted by molar-refractivity contribution is -0.139. The maximum Gasteiger partial charge on any atom is 0.111 e. The summed E-state index contributed by atoms with van der Waals surface area (Å²) in [6, 6.07) is 0. The molecule has 0 aliphatic carbocycles. The van der Waals surface area contributed by atoms with Crippen LogP contribution in [0.4, 0.5) is 0 Å². The van der Waals surface area contributed by atoms with Crippen molar-refractivity contribution in [2.75, 3.05) is 6.61 Å². The third-order valence-electron chi connectivity index (χ3n) is 2.08. The van der Waals surface area contributed by atoms with Crippen molar-refractivity contribution in [3.8, 4) is 0 Å². The Hall–Kier alpha value is -0.500. The topological polar surface area (TPSA) is 121 Å². The molecule has 0 bridgehead atoms. The maximum atomic E-state index is 9.33. The molecule has 6 heteroatoms. The Labute approximate surface area is 87.7 Å². The van der Waals surface area contributed by atoms with Gasteiger partial charge < -0.3 is 30.6 Å². The van der Waals surface area contributed by atoms with E-state index in [-0.39, 0.29) is 6.42 Å². The quantitative estimate of drug-likeness (QED) is 0.262. The molecule has 0 saturated carbocycles. The highest BCUT2D eigenvalue weighted by atomic mass is 16.4. The van der Waals surface area contributed by atoms with Gasteiger partial charge in [0.1, 0.15) is 24.4 Å². The Morgan fingerprint density at radius 3 is 1.73 bits per heavy atom. The minimum atomic E-state index is -1.73. The summed E-state index contributed by atoms with van der Waals surface area (Å²) in [6.45, 7) is 2.59. The molecular formula is C9H18O6.